The molecule has 0 bridgehead atoms. The highest BCUT2D eigenvalue weighted by Gasteiger charge is 2.46. The van der Waals surface area contributed by atoms with E-state index in [0.717, 1.165) is 36.4 Å². The van der Waals surface area contributed by atoms with Crippen LogP contribution in [0.15, 0.2) is 42.6 Å². The van der Waals surface area contributed by atoms with Gasteiger partial charge >= 0.3 is 0 Å². The number of nitrogens with one attached hydrogen (secondary N) is 3. The molecule has 4 aliphatic rings. The molecule has 68 heavy (non-hydrogen) atoms. The molecule has 2 aromatic carbocycles. The van der Waals surface area contributed by atoms with Crippen LogP contribution in [0.3, 0.4) is 0 Å². The van der Waals surface area contributed by atoms with Crippen LogP contribution in [0, 0.1) is 0 Å². The predicted octanol–water partition coefficient (Wildman–Crippen LogP) is 4.12. The average molecular weight is 941 g/mol. The largest absolute Gasteiger partial charge is 0.495 e. The van der Waals surface area contributed by atoms with Gasteiger partial charge in [-0.3, -0.25) is 43.8 Å². The van der Waals surface area contributed by atoms with Crippen molar-refractivity contribution in [1.82, 2.24) is 25.5 Å². The van der Waals surface area contributed by atoms with Crippen LogP contribution in [-0.4, -0.2) is 141 Å². The van der Waals surface area contributed by atoms with E-state index in [4.69, 9.17) is 28.7 Å². The monoisotopic (exact) mass is 940 g/mol. The van der Waals surface area contributed by atoms with Gasteiger partial charge in [0.2, 0.25) is 23.7 Å². The molecule has 364 valence electrons. The van der Waals surface area contributed by atoms with Gasteiger partial charge in [0.05, 0.1) is 56.5 Å². The summed E-state index contributed by atoms with van der Waals surface area (Å²) in [5, 5.41) is 8.33. The first-order valence-corrected chi connectivity index (χ1v) is 23.4. The third kappa shape index (κ3) is 11.6. The second-order valence-electron chi connectivity index (χ2n) is 17.0. The highest BCUT2D eigenvalue weighted by molar-refractivity contribution is 6.24. The molecule has 1 saturated heterocycles. The molecular formula is C48H60N8O12. The van der Waals surface area contributed by atoms with Gasteiger partial charge in [0.1, 0.15) is 35.9 Å². The van der Waals surface area contributed by atoms with E-state index in [0.29, 0.717) is 101 Å². The minimum atomic E-state index is -1.09. The number of piperidine rings is 1. The van der Waals surface area contributed by atoms with Crippen molar-refractivity contribution < 1.29 is 57.2 Å². The van der Waals surface area contributed by atoms with E-state index in [1.807, 2.05) is 6.92 Å². The number of amides is 6. The summed E-state index contributed by atoms with van der Waals surface area (Å²) in [6.07, 6.45) is 8.77. The first-order chi connectivity index (χ1) is 33.0. The summed E-state index contributed by atoms with van der Waals surface area (Å²) in [7, 11) is 3.30. The fraction of sp³-hybridized carbons (Fsp3) is 0.521. The molecule has 1 saturated carbocycles. The molecule has 3 N–H and O–H groups in total. The summed E-state index contributed by atoms with van der Waals surface area (Å²) in [6, 6.07) is 8.50. The normalized spacial score (nSPS) is 18.2. The van der Waals surface area contributed by atoms with Crippen molar-refractivity contribution in [3.63, 3.8) is 0 Å². The molecular weight excluding hydrogens is 881 g/mol. The summed E-state index contributed by atoms with van der Waals surface area (Å²) in [4.78, 5) is 103. The number of methoxy groups -OCH3 is 1. The zero-order chi connectivity index (χ0) is 48.2. The summed E-state index contributed by atoms with van der Waals surface area (Å²) in [5.74, 6) is -1.25. The molecule has 7 rings (SSSR count). The maximum absolute atomic E-state index is 13.3. The van der Waals surface area contributed by atoms with E-state index in [2.05, 4.69) is 25.8 Å². The maximum Gasteiger partial charge on any atom is 0.266 e. The number of ketones is 1. The van der Waals surface area contributed by atoms with E-state index < -0.39 is 29.7 Å². The zero-order valence-electron chi connectivity index (χ0n) is 38.8. The second-order valence-corrected chi connectivity index (χ2v) is 17.0. The van der Waals surface area contributed by atoms with Crippen LogP contribution in [0.1, 0.15) is 109 Å². The van der Waals surface area contributed by atoms with Gasteiger partial charge in [-0.25, -0.2) is 4.98 Å². The number of imide groups is 2. The lowest BCUT2D eigenvalue weighted by atomic mass is 10.0. The number of unbranched alkanes of at least 4 members (excludes halogenated alkanes) is 1. The van der Waals surface area contributed by atoms with Crippen molar-refractivity contribution in [3.8, 4) is 11.5 Å². The molecule has 2 atom stereocenters. The van der Waals surface area contributed by atoms with Crippen LogP contribution in [-0.2, 0) is 33.4 Å². The lowest BCUT2D eigenvalue weighted by Gasteiger charge is -2.43. The Morgan fingerprint density at radius 3 is 2.32 bits per heavy atom. The van der Waals surface area contributed by atoms with Crippen molar-refractivity contribution in [3.05, 3.63) is 59.3 Å². The van der Waals surface area contributed by atoms with Gasteiger partial charge in [-0.2, -0.15) is 4.98 Å². The van der Waals surface area contributed by atoms with E-state index in [1.165, 1.54) is 19.2 Å². The second kappa shape index (κ2) is 23.5. The number of aromatic nitrogens is 2. The molecule has 3 aromatic rings. The highest BCUT2D eigenvalue weighted by atomic mass is 16.5. The first-order valence-electron chi connectivity index (χ1n) is 23.4. The molecule has 20 nitrogen and oxygen atoms in total. The lowest BCUT2D eigenvalue weighted by Crippen LogP contribution is -2.55. The van der Waals surface area contributed by atoms with Gasteiger partial charge in [0, 0.05) is 51.3 Å². The number of benzene rings is 2. The smallest absolute Gasteiger partial charge is 0.266 e. The Balaban J connectivity index is 0.719. The van der Waals surface area contributed by atoms with Crippen molar-refractivity contribution in [1.29, 1.82) is 0 Å². The van der Waals surface area contributed by atoms with Crippen LogP contribution in [0.5, 0.6) is 11.5 Å². The number of carbonyl (C=O) groups is 7. The summed E-state index contributed by atoms with van der Waals surface area (Å²) >= 11 is 0. The van der Waals surface area contributed by atoms with E-state index in [9.17, 15) is 33.6 Å². The molecule has 1 unspecified atom stereocenters. The first kappa shape index (κ1) is 49.4. The Morgan fingerprint density at radius 2 is 1.60 bits per heavy atom. The van der Waals surface area contributed by atoms with Gasteiger partial charge in [-0.1, -0.05) is 25.8 Å². The Hall–Kier alpha value is -6.51. The van der Waals surface area contributed by atoms with Crippen LogP contribution in [0.4, 0.5) is 23.1 Å². The Morgan fingerprint density at radius 1 is 0.868 bits per heavy atom. The third-order valence-corrected chi connectivity index (χ3v) is 12.4. The minimum absolute atomic E-state index is 0.00127. The Labute approximate surface area is 394 Å². The number of hydrogen-bond acceptors (Lipinski definition) is 16. The van der Waals surface area contributed by atoms with Crippen LogP contribution >= 0.6 is 0 Å². The van der Waals surface area contributed by atoms with E-state index in [1.54, 1.807) is 42.4 Å². The predicted molar refractivity (Wildman–Crippen MR) is 247 cm³/mol. The number of fused-ring (bicyclic) bond motifs is 2. The number of hydrogen-bond donors (Lipinski definition) is 3. The van der Waals surface area contributed by atoms with Crippen LogP contribution < -0.4 is 35.2 Å². The molecule has 3 aliphatic heterocycles. The Bertz CT molecular complexity index is 2360. The number of Topliss-reactive ketones (excluding diaryl/α,β-unsaturated/α-hetero) is 1. The highest BCUT2D eigenvalue weighted by Crippen LogP contribution is 2.41. The SMILES string of the molecule is CC[C@@H]1C(=O)N(C)c2cnc(Nc3ccc(C(=O)NCCCOCCOCCOCCCCC(=O)COc4cccc5c4C(=O)N(C4CCC(=O)NC4=O)C5=O)cc3OC)nc2N1C1CCCC1. The summed E-state index contributed by atoms with van der Waals surface area (Å²) in [6.45, 7) is 4.57. The fourth-order valence-corrected chi connectivity index (χ4v) is 8.88. The van der Waals surface area contributed by atoms with Gasteiger partial charge < -0.3 is 44.1 Å². The molecule has 4 heterocycles. The molecule has 0 radical (unpaired) electrons. The van der Waals surface area contributed by atoms with E-state index in [-0.39, 0.29) is 72.4 Å². The summed E-state index contributed by atoms with van der Waals surface area (Å²) in [5.41, 5.74) is 1.79. The number of nitrogens with zero attached hydrogens (tertiary/aromatic N) is 5. The number of rotatable bonds is 25. The number of likely N-dealkylation sites (N-methyl/N-ethyl adjacent to an activating group) is 1. The molecule has 0 spiro atoms. The standard InChI is InChI=1S/C48H60N8O12/c1-4-35-46(62)54(2)37-28-50-48(53-42(37)55(35)31-11-5-6-12-31)51-34-17-16-30(27-39(34)64-3)43(59)49-20-10-22-66-24-26-67-25-23-65-21-8-7-13-32(57)29-68-38-15-9-14-33-41(38)47(63)56(45(33)61)36-18-19-40(58)52-44(36)60/h9,14-17,27-28,31,35-36H,4-8,10-13,18-26,29H2,1-3H3,(H,49,59)(H,50,51,53)(H,52,58,60)/t35-,36?/m1/s1. The van der Waals surface area contributed by atoms with Crippen molar-refractivity contribution >= 4 is 64.4 Å². The quantitative estimate of drug-likeness (QED) is 0.0800. The summed E-state index contributed by atoms with van der Waals surface area (Å²) < 4.78 is 28.1. The molecule has 1 aliphatic carbocycles. The van der Waals surface area contributed by atoms with E-state index >= 15 is 0 Å². The van der Waals surface area contributed by atoms with Crippen molar-refractivity contribution in [2.45, 2.75) is 95.7 Å². The number of anilines is 4. The average Bonchev–Trinajstić information content (AvgIpc) is 3.96. The van der Waals surface area contributed by atoms with Gasteiger partial charge in [0.25, 0.3) is 17.7 Å². The zero-order valence-corrected chi connectivity index (χ0v) is 38.8. The molecule has 1 aromatic heterocycles. The van der Waals surface area contributed by atoms with Gasteiger partial charge in [0.15, 0.2) is 11.6 Å². The van der Waals surface area contributed by atoms with Crippen molar-refractivity contribution in [2.75, 3.05) is 82.1 Å². The van der Waals surface area contributed by atoms with Gasteiger partial charge in [-0.05, 0) is 75.3 Å². The van der Waals surface area contributed by atoms with Crippen LogP contribution in [0.25, 0.3) is 0 Å². The fourth-order valence-electron chi connectivity index (χ4n) is 8.88. The minimum Gasteiger partial charge on any atom is -0.495 e. The van der Waals surface area contributed by atoms with Crippen molar-refractivity contribution in [2.24, 2.45) is 0 Å². The molecule has 6 amide bonds. The lowest BCUT2D eigenvalue weighted by molar-refractivity contribution is -0.136. The maximum atomic E-state index is 13.3. The van der Waals surface area contributed by atoms with Gasteiger partial charge in [-0.15, -0.1) is 0 Å². The van der Waals surface area contributed by atoms with Crippen LogP contribution in [0.2, 0.25) is 0 Å². The Kier molecular flexibility index (Phi) is 17.1. The number of carbonyl (C=O) groups excluding carboxylic acids is 7. The topological polar surface area (TPSA) is 237 Å². The molecule has 2 fully saturated rings. The number of ether oxygens (including phenoxy) is 5. The third-order valence-electron chi connectivity index (χ3n) is 12.4. The molecule has 20 heteroatoms.